The molecule has 0 saturated carbocycles. The maximum Gasteiger partial charge on any atom is 0.170 e. The summed E-state index contributed by atoms with van der Waals surface area (Å²) in [5.74, 6) is 1.03. The summed E-state index contributed by atoms with van der Waals surface area (Å²) in [5, 5.41) is 24.7. The van der Waals surface area contributed by atoms with Crippen LogP contribution < -0.4 is 19.5 Å². The van der Waals surface area contributed by atoms with Gasteiger partial charge in [0.2, 0.25) is 0 Å². The van der Waals surface area contributed by atoms with Crippen molar-refractivity contribution in [1.29, 1.82) is 0 Å². The highest BCUT2D eigenvalue weighted by Gasteiger charge is 2.22. The van der Waals surface area contributed by atoms with Gasteiger partial charge in [-0.15, -0.1) is 0 Å². The van der Waals surface area contributed by atoms with E-state index in [0.29, 0.717) is 40.5 Å². The molecule has 32 heavy (non-hydrogen) atoms. The second-order valence-corrected chi connectivity index (χ2v) is 7.49. The zero-order valence-corrected chi connectivity index (χ0v) is 19.0. The highest BCUT2D eigenvalue weighted by molar-refractivity contribution is 5.88. The molecule has 0 spiro atoms. The van der Waals surface area contributed by atoms with Crippen molar-refractivity contribution in [3.63, 3.8) is 0 Å². The molecule has 3 aromatic carbocycles. The fraction of sp³-hybridized carbons (Fsp3) is 0.231. The molecule has 0 fully saturated rings. The first-order chi connectivity index (χ1) is 15.4. The summed E-state index contributed by atoms with van der Waals surface area (Å²) in [7, 11) is 4.90. The molecule has 0 bridgehead atoms. The van der Waals surface area contributed by atoms with E-state index in [0.717, 1.165) is 16.8 Å². The Kier molecular flexibility index (Phi) is 7.15. The molecule has 0 aromatic heterocycles. The molecule has 6 nitrogen and oxygen atoms in total. The average molecular weight is 436 g/mol. The molecule has 6 heteroatoms. The number of hydrogen-bond acceptors (Lipinski definition) is 6. The van der Waals surface area contributed by atoms with Crippen LogP contribution in [0.4, 0.5) is 5.69 Å². The summed E-state index contributed by atoms with van der Waals surface area (Å²) >= 11 is 0. The number of nitrogens with one attached hydrogen (secondary N) is 1. The normalized spacial score (nSPS) is 10.4. The maximum absolute atomic E-state index is 11.1. The SMILES string of the molecule is CNc1ccc(-c2cc(OC)c(-c3ccc(OCC=C(C)C)c(O)c3)c(O)c2OC)cc1. The van der Waals surface area contributed by atoms with Crippen LogP contribution in [-0.4, -0.2) is 38.1 Å². The van der Waals surface area contributed by atoms with Crippen LogP contribution in [0, 0.1) is 0 Å². The van der Waals surface area contributed by atoms with Crippen LogP contribution in [0.1, 0.15) is 13.8 Å². The lowest BCUT2D eigenvalue weighted by Gasteiger charge is -2.18. The second-order valence-electron chi connectivity index (χ2n) is 7.49. The number of allylic oxidation sites excluding steroid dienone is 1. The lowest BCUT2D eigenvalue weighted by Crippen LogP contribution is -1.97. The Hall–Kier alpha value is -3.80. The number of methoxy groups -OCH3 is 2. The molecule has 0 heterocycles. The average Bonchev–Trinajstić information content (AvgIpc) is 2.79. The summed E-state index contributed by atoms with van der Waals surface area (Å²) < 4.78 is 16.8. The van der Waals surface area contributed by atoms with Gasteiger partial charge in [-0.3, -0.25) is 0 Å². The Morgan fingerprint density at radius 2 is 1.59 bits per heavy atom. The smallest absolute Gasteiger partial charge is 0.170 e. The monoisotopic (exact) mass is 435 g/mol. The molecule has 0 aliphatic heterocycles. The summed E-state index contributed by atoms with van der Waals surface area (Å²) in [4.78, 5) is 0. The van der Waals surface area contributed by atoms with Crippen LogP contribution in [0.15, 0.2) is 60.2 Å². The van der Waals surface area contributed by atoms with Crippen LogP contribution in [-0.2, 0) is 0 Å². The highest BCUT2D eigenvalue weighted by Crippen LogP contribution is 2.50. The van der Waals surface area contributed by atoms with Gasteiger partial charge in [0.1, 0.15) is 12.4 Å². The minimum absolute atomic E-state index is 0.0307. The number of hydrogen-bond donors (Lipinski definition) is 3. The van der Waals surface area contributed by atoms with Gasteiger partial charge in [-0.25, -0.2) is 0 Å². The maximum atomic E-state index is 11.1. The van der Waals surface area contributed by atoms with Crippen LogP contribution in [0.25, 0.3) is 22.3 Å². The first kappa shape index (κ1) is 22.9. The standard InChI is InChI=1S/C26H29NO5/c1-16(2)12-13-32-22-11-8-18(14-21(22)28)24-23(30-4)15-20(26(31-5)25(24)29)17-6-9-19(27-3)10-7-17/h6-12,14-15,27-29H,13H2,1-5H3. The van der Waals surface area contributed by atoms with Crippen molar-refractivity contribution < 1.29 is 24.4 Å². The van der Waals surface area contributed by atoms with Crippen molar-refractivity contribution in [1.82, 2.24) is 0 Å². The van der Waals surface area contributed by atoms with E-state index in [-0.39, 0.29) is 11.5 Å². The number of benzene rings is 3. The number of aromatic hydroxyl groups is 2. The molecular weight excluding hydrogens is 406 g/mol. The molecule has 0 aliphatic carbocycles. The van der Waals surface area contributed by atoms with Gasteiger partial charge in [0.25, 0.3) is 0 Å². The minimum Gasteiger partial charge on any atom is -0.504 e. The molecular formula is C26H29NO5. The third-order valence-corrected chi connectivity index (χ3v) is 5.10. The van der Waals surface area contributed by atoms with Crippen molar-refractivity contribution in [3.8, 4) is 51.0 Å². The Morgan fingerprint density at radius 3 is 2.16 bits per heavy atom. The molecule has 3 rings (SSSR count). The number of ether oxygens (including phenoxy) is 3. The van der Waals surface area contributed by atoms with Crippen LogP contribution in [0.3, 0.4) is 0 Å². The van der Waals surface area contributed by atoms with Crippen molar-refractivity contribution in [2.75, 3.05) is 33.2 Å². The van der Waals surface area contributed by atoms with Gasteiger partial charge >= 0.3 is 0 Å². The van der Waals surface area contributed by atoms with Gasteiger partial charge in [-0.1, -0.05) is 23.8 Å². The number of rotatable bonds is 8. The largest absolute Gasteiger partial charge is 0.504 e. The fourth-order valence-electron chi connectivity index (χ4n) is 3.40. The van der Waals surface area contributed by atoms with Crippen LogP contribution in [0.2, 0.25) is 0 Å². The van der Waals surface area contributed by atoms with Gasteiger partial charge in [0.15, 0.2) is 23.0 Å². The van der Waals surface area contributed by atoms with Crippen molar-refractivity contribution >= 4 is 5.69 Å². The molecule has 168 valence electrons. The summed E-state index contributed by atoms with van der Waals surface area (Å²) in [5.41, 5.74) is 4.66. The summed E-state index contributed by atoms with van der Waals surface area (Å²) in [6, 6.07) is 14.5. The van der Waals surface area contributed by atoms with Crippen LogP contribution in [0.5, 0.6) is 28.7 Å². The lowest BCUT2D eigenvalue weighted by atomic mass is 9.96. The zero-order valence-electron chi connectivity index (χ0n) is 19.0. The molecule has 0 unspecified atom stereocenters. The molecule has 3 aromatic rings. The number of anilines is 1. The minimum atomic E-state index is -0.0721. The van der Waals surface area contributed by atoms with Gasteiger partial charge in [0, 0.05) is 18.3 Å². The second kappa shape index (κ2) is 10.0. The molecule has 0 atom stereocenters. The van der Waals surface area contributed by atoms with E-state index in [1.165, 1.54) is 20.3 Å². The topological polar surface area (TPSA) is 80.2 Å². The van der Waals surface area contributed by atoms with Crippen molar-refractivity contribution in [2.24, 2.45) is 0 Å². The molecule has 0 saturated heterocycles. The highest BCUT2D eigenvalue weighted by atomic mass is 16.5. The molecule has 0 radical (unpaired) electrons. The Bertz CT molecular complexity index is 1120. The lowest BCUT2D eigenvalue weighted by molar-refractivity contribution is 0.335. The van der Waals surface area contributed by atoms with Gasteiger partial charge in [0.05, 0.1) is 19.8 Å². The van der Waals surface area contributed by atoms with E-state index in [1.807, 2.05) is 57.3 Å². The van der Waals surface area contributed by atoms with E-state index in [1.54, 1.807) is 12.1 Å². The predicted molar refractivity (Wildman–Crippen MR) is 128 cm³/mol. The molecule has 0 amide bonds. The Morgan fingerprint density at radius 1 is 0.906 bits per heavy atom. The Labute approximate surface area is 188 Å². The summed E-state index contributed by atoms with van der Waals surface area (Å²) in [6.07, 6.45) is 1.93. The quantitative estimate of drug-likeness (QED) is 0.386. The van der Waals surface area contributed by atoms with Crippen molar-refractivity contribution in [3.05, 3.63) is 60.2 Å². The number of phenols is 2. The van der Waals surface area contributed by atoms with Gasteiger partial charge < -0.3 is 29.7 Å². The van der Waals surface area contributed by atoms with E-state index in [4.69, 9.17) is 14.2 Å². The molecule has 3 N–H and O–H groups in total. The first-order valence-electron chi connectivity index (χ1n) is 10.2. The van der Waals surface area contributed by atoms with Crippen molar-refractivity contribution in [2.45, 2.75) is 13.8 Å². The van der Waals surface area contributed by atoms with Gasteiger partial charge in [-0.05, 0) is 61.4 Å². The first-order valence-corrected chi connectivity index (χ1v) is 10.2. The third-order valence-electron chi connectivity index (χ3n) is 5.10. The van der Waals surface area contributed by atoms with E-state index >= 15 is 0 Å². The van der Waals surface area contributed by atoms with Crippen LogP contribution >= 0.6 is 0 Å². The predicted octanol–water partition coefficient (Wildman–Crippen LogP) is 5.84. The van der Waals surface area contributed by atoms with E-state index in [9.17, 15) is 10.2 Å². The zero-order chi connectivity index (χ0) is 23.3. The Balaban J connectivity index is 2.07. The fourth-order valence-corrected chi connectivity index (χ4v) is 3.40. The van der Waals surface area contributed by atoms with E-state index < -0.39 is 0 Å². The third kappa shape index (κ3) is 4.75. The number of phenolic OH excluding ortho intramolecular Hbond substituents is 2. The van der Waals surface area contributed by atoms with E-state index in [2.05, 4.69) is 5.32 Å². The summed E-state index contributed by atoms with van der Waals surface area (Å²) in [6.45, 7) is 4.32. The van der Waals surface area contributed by atoms with Gasteiger partial charge in [-0.2, -0.15) is 0 Å². The molecule has 0 aliphatic rings.